The highest BCUT2D eigenvalue weighted by Crippen LogP contribution is 2.11. The van der Waals surface area contributed by atoms with E-state index < -0.39 is 10.0 Å². The van der Waals surface area contributed by atoms with Crippen molar-refractivity contribution >= 4 is 10.0 Å². The highest BCUT2D eigenvalue weighted by molar-refractivity contribution is 7.89. The van der Waals surface area contributed by atoms with Gasteiger partial charge in [0.25, 0.3) is 10.0 Å². The lowest BCUT2D eigenvalue weighted by Crippen LogP contribution is -2.28. The van der Waals surface area contributed by atoms with E-state index in [1.807, 2.05) is 6.92 Å². The van der Waals surface area contributed by atoms with Crippen LogP contribution in [-0.2, 0) is 23.0 Å². The minimum absolute atomic E-state index is 0.114. The number of hydrogen-bond donors (Lipinski definition) is 4. The van der Waals surface area contributed by atoms with Crippen LogP contribution in [-0.4, -0.2) is 41.7 Å². The van der Waals surface area contributed by atoms with Crippen LogP contribution in [0.4, 0.5) is 0 Å². The zero-order valence-corrected chi connectivity index (χ0v) is 12.0. The smallest absolute Gasteiger partial charge is 0.257 e. The normalized spacial score (nSPS) is 11.8. The Hall–Kier alpha value is -1.71. The topological polar surface area (TPSA) is 116 Å². The maximum Gasteiger partial charge on any atom is 0.257 e. The van der Waals surface area contributed by atoms with Gasteiger partial charge in [-0.15, -0.1) is 0 Å². The van der Waals surface area contributed by atoms with Crippen molar-refractivity contribution < 1.29 is 8.42 Å². The van der Waals surface area contributed by atoms with Crippen molar-refractivity contribution in [1.82, 2.24) is 30.2 Å². The van der Waals surface area contributed by atoms with Crippen molar-refractivity contribution in [3.63, 3.8) is 0 Å². The van der Waals surface area contributed by atoms with E-state index >= 15 is 0 Å². The molecule has 0 saturated heterocycles. The summed E-state index contributed by atoms with van der Waals surface area (Å²) < 4.78 is 26.9. The molecule has 0 aliphatic carbocycles. The van der Waals surface area contributed by atoms with E-state index in [0.717, 1.165) is 12.2 Å². The first-order chi connectivity index (χ1) is 9.63. The van der Waals surface area contributed by atoms with Gasteiger partial charge >= 0.3 is 0 Å². The molecule has 2 heterocycles. The molecule has 0 saturated carbocycles. The number of sulfonamides is 1. The van der Waals surface area contributed by atoms with E-state index in [9.17, 15) is 8.42 Å². The molecule has 2 rings (SSSR count). The molecule has 8 nitrogen and oxygen atoms in total. The van der Waals surface area contributed by atoms with Crippen LogP contribution in [0.1, 0.15) is 18.2 Å². The molecule has 0 amide bonds. The first-order valence-electron chi connectivity index (χ1n) is 6.33. The molecule has 0 radical (unpaired) electrons. The molecule has 2 aromatic heterocycles. The summed E-state index contributed by atoms with van der Waals surface area (Å²) in [6, 6.07) is 0. The van der Waals surface area contributed by atoms with E-state index in [0.29, 0.717) is 25.1 Å². The fourth-order valence-electron chi connectivity index (χ4n) is 1.73. The fraction of sp³-hybridized carbons (Fsp3) is 0.455. The molecule has 0 bridgehead atoms. The SMILES string of the molecule is CCNCc1cn[nH]c1S(=O)(=O)NCCc1cnc[nH]1. The maximum absolute atomic E-state index is 12.2. The lowest BCUT2D eigenvalue weighted by Gasteiger charge is -2.06. The Kier molecular flexibility index (Phi) is 4.88. The summed E-state index contributed by atoms with van der Waals surface area (Å²) in [4.78, 5) is 6.80. The molecule has 0 unspecified atom stereocenters. The van der Waals surface area contributed by atoms with Gasteiger partial charge in [-0.05, 0) is 6.54 Å². The van der Waals surface area contributed by atoms with Gasteiger partial charge in [0.15, 0.2) is 5.03 Å². The lowest BCUT2D eigenvalue weighted by atomic mass is 10.3. The van der Waals surface area contributed by atoms with Gasteiger partial charge in [0.1, 0.15) is 0 Å². The van der Waals surface area contributed by atoms with Crippen molar-refractivity contribution in [2.75, 3.05) is 13.1 Å². The second kappa shape index (κ2) is 6.64. The van der Waals surface area contributed by atoms with Gasteiger partial charge < -0.3 is 10.3 Å². The van der Waals surface area contributed by atoms with E-state index in [1.54, 1.807) is 12.5 Å². The molecule has 0 fully saturated rings. The largest absolute Gasteiger partial charge is 0.348 e. The molecule has 9 heteroatoms. The monoisotopic (exact) mass is 298 g/mol. The van der Waals surface area contributed by atoms with Crippen LogP contribution in [0.25, 0.3) is 0 Å². The van der Waals surface area contributed by atoms with Gasteiger partial charge in [-0.3, -0.25) is 5.10 Å². The third-order valence-corrected chi connectivity index (χ3v) is 4.23. The average molecular weight is 298 g/mol. The molecule has 4 N–H and O–H groups in total. The van der Waals surface area contributed by atoms with Crippen LogP contribution in [0.15, 0.2) is 23.7 Å². The Morgan fingerprint density at radius 3 is 2.90 bits per heavy atom. The van der Waals surface area contributed by atoms with Crippen LogP contribution < -0.4 is 10.0 Å². The average Bonchev–Trinajstić information content (AvgIpc) is 3.07. The zero-order chi connectivity index (χ0) is 14.4. The number of nitrogens with zero attached hydrogens (tertiary/aromatic N) is 2. The molecular formula is C11H18N6O2S. The predicted molar refractivity (Wildman–Crippen MR) is 73.4 cm³/mol. The molecule has 2 aromatic rings. The highest BCUT2D eigenvalue weighted by atomic mass is 32.2. The Labute approximate surface area is 117 Å². The first-order valence-corrected chi connectivity index (χ1v) is 7.81. The van der Waals surface area contributed by atoms with Gasteiger partial charge in [-0.1, -0.05) is 6.92 Å². The number of hydrogen-bond acceptors (Lipinski definition) is 5. The van der Waals surface area contributed by atoms with Crippen molar-refractivity contribution in [3.8, 4) is 0 Å². The summed E-state index contributed by atoms with van der Waals surface area (Å²) in [6.45, 7) is 3.48. The van der Waals surface area contributed by atoms with Crippen LogP contribution in [0.5, 0.6) is 0 Å². The molecule has 0 aromatic carbocycles. The number of imidazole rings is 1. The van der Waals surface area contributed by atoms with Gasteiger partial charge in [0, 0.05) is 37.0 Å². The van der Waals surface area contributed by atoms with Crippen LogP contribution in [0, 0.1) is 0 Å². The van der Waals surface area contributed by atoms with Crippen molar-refractivity contribution in [2.24, 2.45) is 0 Å². The van der Waals surface area contributed by atoms with E-state index in [4.69, 9.17) is 0 Å². The molecule has 0 aliphatic heterocycles. The van der Waals surface area contributed by atoms with Crippen molar-refractivity contribution in [1.29, 1.82) is 0 Å². The Morgan fingerprint density at radius 1 is 1.35 bits per heavy atom. The quantitative estimate of drug-likeness (QED) is 0.537. The maximum atomic E-state index is 12.2. The minimum Gasteiger partial charge on any atom is -0.348 e. The molecule has 110 valence electrons. The fourth-order valence-corrected chi connectivity index (χ4v) is 2.89. The Bertz CT molecular complexity index is 619. The molecular weight excluding hydrogens is 280 g/mol. The summed E-state index contributed by atoms with van der Waals surface area (Å²) in [5.74, 6) is 0. The third kappa shape index (κ3) is 3.65. The van der Waals surface area contributed by atoms with Crippen LogP contribution >= 0.6 is 0 Å². The van der Waals surface area contributed by atoms with E-state index in [2.05, 4.69) is 30.2 Å². The number of nitrogens with one attached hydrogen (secondary N) is 4. The van der Waals surface area contributed by atoms with Crippen molar-refractivity contribution in [2.45, 2.75) is 24.9 Å². The minimum atomic E-state index is -3.57. The second-order valence-electron chi connectivity index (χ2n) is 4.23. The van der Waals surface area contributed by atoms with Crippen LogP contribution in [0.3, 0.4) is 0 Å². The molecule has 0 atom stereocenters. The van der Waals surface area contributed by atoms with Crippen LogP contribution in [0.2, 0.25) is 0 Å². The predicted octanol–water partition coefficient (Wildman–Crippen LogP) is -0.237. The van der Waals surface area contributed by atoms with Gasteiger partial charge in [0.05, 0.1) is 12.5 Å². The summed E-state index contributed by atoms with van der Waals surface area (Å²) in [5, 5.41) is 9.53. The number of rotatable bonds is 8. The molecule has 0 spiro atoms. The van der Waals surface area contributed by atoms with Gasteiger partial charge in [-0.2, -0.15) is 5.10 Å². The molecule has 0 aliphatic rings. The summed E-state index contributed by atoms with van der Waals surface area (Å²) in [6.07, 6.45) is 5.30. The van der Waals surface area contributed by atoms with Gasteiger partial charge in [-0.25, -0.2) is 18.1 Å². The number of aromatic amines is 2. The highest BCUT2D eigenvalue weighted by Gasteiger charge is 2.20. The number of aromatic nitrogens is 4. The second-order valence-corrected chi connectivity index (χ2v) is 5.93. The lowest BCUT2D eigenvalue weighted by molar-refractivity contribution is 0.574. The van der Waals surface area contributed by atoms with E-state index in [1.165, 1.54) is 6.20 Å². The first kappa shape index (κ1) is 14.7. The summed E-state index contributed by atoms with van der Waals surface area (Å²) in [5.41, 5.74) is 1.51. The summed E-state index contributed by atoms with van der Waals surface area (Å²) in [7, 11) is -3.57. The van der Waals surface area contributed by atoms with E-state index in [-0.39, 0.29) is 5.03 Å². The number of H-pyrrole nitrogens is 2. The Morgan fingerprint density at radius 2 is 2.20 bits per heavy atom. The molecule has 20 heavy (non-hydrogen) atoms. The Balaban J connectivity index is 1.97. The van der Waals surface area contributed by atoms with Gasteiger partial charge in [0.2, 0.25) is 0 Å². The van der Waals surface area contributed by atoms with Crippen molar-refractivity contribution in [3.05, 3.63) is 30.0 Å². The zero-order valence-electron chi connectivity index (χ0n) is 11.2. The summed E-state index contributed by atoms with van der Waals surface area (Å²) >= 11 is 0. The standard InChI is InChI=1S/C11H18N6O2S/c1-2-12-5-9-6-15-17-11(9)20(18,19)16-4-3-10-7-13-8-14-10/h6-8,12,16H,2-5H2,1H3,(H,13,14)(H,15,17). The third-order valence-electron chi connectivity index (χ3n) is 2.75.